The van der Waals surface area contributed by atoms with Crippen molar-refractivity contribution in [1.82, 2.24) is 5.32 Å². The lowest BCUT2D eigenvalue weighted by Gasteiger charge is -2.22. The molecule has 2 amide bonds. The van der Waals surface area contributed by atoms with Gasteiger partial charge >= 0.3 is 10.2 Å². The largest absolute Gasteiger partial charge is 0.497 e. The van der Waals surface area contributed by atoms with Crippen LogP contribution < -0.4 is 14.8 Å². The summed E-state index contributed by atoms with van der Waals surface area (Å²) in [4.78, 5) is 22.0. The molecular weight excluding hydrogens is 305 g/mol. The van der Waals surface area contributed by atoms with E-state index in [-0.39, 0.29) is 24.3 Å². The predicted octanol–water partition coefficient (Wildman–Crippen LogP) is 0.537. The van der Waals surface area contributed by atoms with E-state index < -0.39 is 33.0 Å². The first-order valence-electron chi connectivity index (χ1n) is 5.93. The number of rotatable bonds is 4. The van der Waals surface area contributed by atoms with Gasteiger partial charge in [-0.3, -0.25) is 14.9 Å². The Kier molecular flexibility index (Phi) is 4.12. The van der Waals surface area contributed by atoms with Crippen LogP contribution in [0.3, 0.4) is 0 Å². The number of hydrogen-bond acceptors (Lipinski definition) is 6. The summed E-state index contributed by atoms with van der Waals surface area (Å²) >= 11 is 0. The molecule has 1 fully saturated rings. The lowest BCUT2D eigenvalue weighted by Crippen LogP contribution is -2.46. The first-order chi connectivity index (χ1) is 9.79. The summed E-state index contributed by atoms with van der Waals surface area (Å²) in [6.45, 7) is 0. The minimum absolute atomic E-state index is 0.0416. The molecule has 0 bridgehead atoms. The first kappa shape index (κ1) is 15.2. The van der Waals surface area contributed by atoms with Crippen molar-refractivity contribution in [3.8, 4) is 11.5 Å². The monoisotopic (exact) mass is 317 g/mol. The van der Waals surface area contributed by atoms with Gasteiger partial charge in [-0.2, -0.15) is 8.42 Å². The number of amides is 2. The third-order valence-electron chi connectivity index (χ3n) is 2.84. The highest BCUT2D eigenvalue weighted by atomic mass is 32.3. The van der Waals surface area contributed by atoms with Crippen molar-refractivity contribution in [1.29, 1.82) is 0 Å². The van der Waals surface area contributed by atoms with E-state index in [0.717, 1.165) is 12.1 Å². The molecule has 1 heterocycles. The fraction of sp³-hybridized carbons (Fsp3) is 0.333. The number of halogens is 1. The Labute approximate surface area is 120 Å². The van der Waals surface area contributed by atoms with Crippen molar-refractivity contribution in [2.24, 2.45) is 0 Å². The summed E-state index contributed by atoms with van der Waals surface area (Å²) in [5.41, 5.74) is 0. The molecule has 1 aliphatic heterocycles. The second-order valence-electron chi connectivity index (χ2n) is 4.34. The number of carbonyl (C=O) groups is 2. The Bertz CT molecular complexity index is 687. The van der Waals surface area contributed by atoms with Gasteiger partial charge in [-0.15, -0.1) is 3.89 Å². The lowest BCUT2D eigenvalue weighted by molar-refractivity contribution is -0.138. The molecule has 9 heteroatoms. The SMILES string of the molecule is COc1cc(OC2CCC(=O)NC2=O)cc(S(=O)(=O)F)c1. The second kappa shape index (κ2) is 5.68. The van der Waals surface area contributed by atoms with Crippen molar-refractivity contribution in [2.45, 2.75) is 23.8 Å². The molecule has 0 radical (unpaired) electrons. The average Bonchev–Trinajstić information content (AvgIpc) is 2.40. The summed E-state index contributed by atoms with van der Waals surface area (Å²) in [5.74, 6) is -1.01. The van der Waals surface area contributed by atoms with E-state index in [1.807, 2.05) is 0 Å². The molecule has 1 aliphatic rings. The molecule has 7 nitrogen and oxygen atoms in total. The highest BCUT2D eigenvalue weighted by Crippen LogP contribution is 2.28. The Hall–Kier alpha value is -2.16. The van der Waals surface area contributed by atoms with E-state index in [1.54, 1.807) is 0 Å². The molecular formula is C12H12FNO6S. The van der Waals surface area contributed by atoms with Gasteiger partial charge in [-0.25, -0.2) is 0 Å². The highest BCUT2D eigenvalue weighted by molar-refractivity contribution is 7.86. The maximum atomic E-state index is 13.1. The summed E-state index contributed by atoms with van der Waals surface area (Å²) in [7, 11) is -3.66. The predicted molar refractivity (Wildman–Crippen MR) is 68.1 cm³/mol. The standard InChI is InChI=1S/C12H12FNO6S/c1-19-7-4-8(6-9(5-7)21(13,17)18)20-10-2-3-11(15)14-12(10)16/h4-6,10H,2-3H2,1H3,(H,14,15,16). The fourth-order valence-corrected chi connectivity index (χ4v) is 2.34. The van der Waals surface area contributed by atoms with Crippen molar-refractivity contribution >= 4 is 22.0 Å². The van der Waals surface area contributed by atoms with Crippen LogP contribution in [0.15, 0.2) is 23.1 Å². The van der Waals surface area contributed by atoms with Gasteiger partial charge in [0.2, 0.25) is 5.91 Å². The van der Waals surface area contributed by atoms with Gasteiger partial charge in [-0.1, -0.05) is 0 Å². The number of nitrogens with one attached hydrogen (secondary N) is 1. The maximum absolute atomic E-state index is 13.1. The van der Waals surface area contributed by atoms with Gasteiger partial charge in [-0.05, 0) is 0 Å². The van der Waals surface area contributed by atoms with Crippen LogP contribution in [0.5, 0.6) is 11.5 Å². The van der Waals surface area contributed by atoms with Crippen molar-refractivity contribution < 1.29 is 31.4 Å². The Balaban J connectivity index is 2.27. The number of imide groups is 1. The lowest BCUT2D eigenvalue weighted by atomic mass is 10.1. The number of carbonyl (C=O) groups excluding carboxylic acids is 2. The number of hydrogen-bond donors (Lipinski definition) is 1. The zero-order chi connectivity index (χ0) is 15.6. The molecule has 1 aromatic carbocycles. The molecule has 2 rings (SSSR count). The molecule has 0 spiro atoms. The van der Waals surface area contributed by atoms with Crippen LogP contribution >= 0.6 is 0 Å². The number of benzene rings is 1. The van der Waals surface area contributed by atoms with E-state index in [0.29, 0.717) is 0 Å². The van der Waals surface area contributed by atoms with Crippen molar-refractivity contribution in [3.05, 3.63) is 18.2 Å². The number of methoxy groups -OCH3 is 1. The Morgan fingerprint density at radius 1 is 1.24 bits per heavy atom. The second-order valence-corrected chi connectivity index (χ2v) is 5.69. The summed E-state index contributed by atoms with van der Waals surface area (Å²) in [6, 6.07) is 3.26. The minimum Gasteiger partial charge on any atom is -0.497 e. The molecule has 1 saturated heterocycles. The summed E-state index contributed by atoms with van der Waals surface area (Å²) in [5, 5.41) is 2.10. The van der Waals surface area contributed by atoms with E-state index in [1.165, 1.54) is 13.2 Å². The van der Waals surface area contributed by atoms with Gasteiger partial charge in [0.15, 0.2) is 6.10 Å². The van der Waals surface area contributed by atoms with Gasteiger partial charge in [0.05, 0.1) is 7.11 Å². The smallest absolute Gasteiger partial charge is 0.332 e. The van der Waals surface area contributed by atoms with Crippen LogP contribution in [0.25, 0.3) is 0 Å². The minimum atomic E-state index is -4.94. The Morgan fingerprint density at radius 3 is 2.48 bits per heavy atom. The third-order valence-corrected chi connectivity index (χ3v) is 3.64. The maximum Gasteiger partial charge on any atom is 0.332 e. The normalized spacial score (nSPS) is 19.0. The molecule has 1 atom stereocenters. The quantitative estimate of drug-likeness (QED) is 0.643. The highest BCUT2D eigenvalue weighted by Gasteiger charge is 2.28. The van der Waals surface area contributed by atoms with Crippen LogP contribution in [-0.2, 0) is 19.8 Å². The zero-order valence-corrected chi connectivity index (χ0v) is 11.8. The fourth-order valence-electron chi connectivity index (χ4n) is 1.82. The van der Waals surface area contributed by atoms with Gasteiger partial charge in [0.25, 0.3) is 5.91 Å². The van der Waals surface area contributed by atoms with E-state index in [2.05, 4.69) is 5.32 Å². The average molecular weight is 317 g/mol. The van der Waals surface area contributed by atoms with Crippen LogP contribution in [-0.4, -0.2) is 33.4 Å². The van der Waals surface area contributed by atoms with Crippen molar-refractivity contribution in [3.63, 3.8) is 0 Å². The molecule has 1 N–H and O–H groups in total. The van der Waals surface area contributed by atoms with Gasteiger partial charge in [0.1, 0.15) is 16.4 Å². The van der Waals surface area contributed by atoms with Crippen LogP contribution in [0, 0.1) is 0 Å². The molecule has 1 unspecified atom stereocenters. The van der Waals surface area contributed by atoms with Gasteiger partial charge < -0.3 is 9.47 Å². The Morgan fingerprint density at radius 2 is 1.90 bits per heavy atom. The topological polar surface area (TPSA) is 98.8 Å². The summed E-state index contributed by atoms with van der Waals surface area (Å²) < 4.78 is 45.1. The van der Waals surface area contributed by atoms with Crippen LogP contribution in [0.4, 0.5) is 3.89 Å². The van der Waals surface area contributed by atoms with E-state index in [4.69, 9.17) is 9.47 Å². The number of piperidine rings is 1. The van der Waals surface area contributed by atoms with Crippen molar-refractivity contribution in [2.75, 3.05) is 7.11 Å². The molecule has 21 heavy (non-hydrogen) atoms. The van der Waals surface area contributed by atoms with E-state index in [9.17, 15) is 21.9 Å². The summed E-state index contributed by atoms with van der Waals surface area (Å²) in [6.07, 6.45) is -0.696. The third kappa shape index (κ3) is 3.69. The molecule has 0 saturated carbocycles. The van der Waals surface area contributed by atoms with Crippen LogP contribution in [0.1, 0.15) is 12.8 Å². The molecule has 114 valence electrons. The first-order valence-corrected chi connectivity index (χ1v) is 7.32. The van der Waals surface area contributed by atoms with E-state index >= 15 is 0 Å². The molecule has 0 aliphatic carbocycles. The molecule has 1 aromatic rings. The van der Waals surface area contributed by atoms with Crippen LogP contribution in [0.2, 0.25) is 0 Å². The zero-order valence-electron chi connectivity index (χ0n) is 11.0. The number of ether oxygens (including phenoxy) is 2. The van der Waals surface area contributed by atoms with Gasteiger partial charge in [0, 0.05) is 31.0 Å². The molecule has 0 aromatic heterocycles.